The number of carbonyl (C=O) groups excluding carboxylic acids is 1. The summed E-state index contributed by atoms with van der Waals surface area (Å²) in [6.07, 6.45) is 1.04. The highest BCUT2D eigenvalue weighted by Crippen LogP contribution is 2.27. The van der Waals surface area contributed by atoms with Crippen molar-refractivity contribution >= 4 is 42.6 Å². The summed E-state index contributed by atoms with van der Waals surface area (Å²) in [4.78, 5) is 13.0. The lowest BCUT2D eigenvalue weighted by Gasteiger charge is -2.31. The van der Waals surface area contributed by atoms with Gasteiger partial charge in [0.1, 0.15) is 0 Å². The summed E-state index contributed by atoms with van der Waals surface area (Å²) in [5, 5.41) is 4.98. The van der Waals surface area contributed by atoms with Crippen LogP contribution >= 0.6 is 15.9 Å². The molecule has 0 aliphatic carbocycles. The number of sulfonamides is 1. The maximum atomic E-state index is 13.1. The van der Waals surface area contributed by atoms with Crippen molar-refractivity contribution in [3.05, 3.63) is 76.8 Å². The number of nitrogens with one attached hydrogen (secondary N) is 1. The Kier molecular flexibility index (Phi) is 6.46. The molecule has 0 saturated carbocycles. The normalized spacial score (nSPS) is 16.8. The van der Waals surface area contributed by atoms with Crippen molar-refractivity contribution in [2.45, 2.75) is 30.7 Å². The summed E-state index contributed by atoms with van der Waals surface area (Å²) >= 11 is 3.42. The van der Waals surface area contributed by atoms with Gasteiger partial charge < -0.3 is 5.32 Å². The van der Waals surface area contributed by atoms with Gasteiger partial charge in [-0.1, -0.05) is 58.4 Å². The topological polar surface area (TPSA) is 66.5 Å². The summed E-state index contributed by atoms with van der Waals surface area (Å²) in [6.45, 7) is 2.65. The molecule has 162 valence electrons. The SMILES string of the molecule is C[C@H](NC(=O)C1CCN(S(=O)(=O)c2ccc3ccccc3c2)CC1)c1ccc(Br)cc1. The fraction of sp³-hybridized carbons (Fsp3) is 0.292. The summed E-state index contributed by atoms with van der Waals surface area (Å²) in [6, 6.07) is 20.7. The average molecular weight is 501 g/mol. The number of piperidine rings is 1. The third-order valence-corrected chi connectivity index (χ3v) is 8.34. The van der Waals surface area contributed by atoms with Crippen LogP contribution in [0.25, 0.3) is 10.8 Å². The average Bonchev–Trinajstić information content (AvgIpc) is 2.79. The largest absolute Gasteiger partial charge is 0.349 e. The van der Waals surface area contributed by atoms with E-state index < -0.39 is 10.0 Å². The van der Waals surface area contributed by atoms with Gasteiger partial charge in [0.2, 0.25) is 15.9 Å². The number of fused-ring (bicyclic) bond motifs is 1. The van der Waals surface area contributed by atoms with Crippen molar-refractivity contribution in [3.63, 3.8) is 0 Å². The van der Waals surface area contributed by atoms with Gasteiger partial charge in [-0.3, -0.25) is 4.79 Å². The lowest BCUT2D eigenvalue weighted by molar-refractivity contribution is -0.126. The molecule has 3 aromatic carbocycles. The number of benzene rings is 3. The predicted molar refractivity (Wildman–Crippen MR) is 126 cm³/mol. The van der Waals surface area contributed by atoms with Crippen molar-refractivity contribution in [3.8, 4) is 0 Å². The van der Waals surface area contributed by atoms with Crippen molar-refractivity contribution in [2.24, 2.45) is 5.92 Å². The van der Waals surface area contributed by atoms with E-state index in [0.717, 1.165) is 20.8 Å². The Hall–Kier alpha value is -2.22. The van der Waals surface area contributed by atoms with Crippen LogP contribution in [0.5, 0.6) is 0 Å². The van der Waals surface area contributed by atoms with Crippen LogP contribution < -0.4 is 5.32 Å². The second-order valence-electron chi connectivity index (χ2n) is 7.97. The molecule has 0 unspecified atom stereocenters. The zero-order valence-electron chi connectivity index (χ0n) is 17.3. The number of rotatable bonds is 5. The second-order valence-corrected chi connectivity index (χ2v) is 10.8. The molecule has 31 heavy (non-hydrogen) atoms. The van der Waals surface area contributed by atoms with Crippen LogP contribution in [-0.4, -0.2) is 31.7 Å². The Morgan fingerprint density at radius 2 is 1.65 bits per heavy atom. The van der Waals surface area contributed by atoms with E-state index >= 15 is 0 Å². The van der Waals surface area contributed by atoms with E-state index in [2.05, 4.69) is 21.2 Å². The Bertz CT molecular complexity index is 1190. The summed E-state index contributed by atoms with van der Waals surface area (Å²) < 4.78 is 28.7. The first-order valence-electron chi connectivity index (χ1n) is 10.4. The van der Waals surface area contributed by atoms with Crippen LogP contribution in [0.2, 0.25) is 0 Å². The highest BCUT2D eigenvalue weighted by atomic mass is 79.9. The van der Waals surface area contributed by atoms with Gasteiger partial charge in [0.15, 0.2) is 0 Å². The molecule has 0 radical (unpaired) electrons. The molecule has 1 aliphatic rings. The molecule has 4 rings (SSSR count). The first-order valence-corrected chi connectivity index (χ1v) is 12.6. The minimum Gasteiger partial charge on any atom is -0.349 e. The number of hydrogen-bond donors (Lipinski definition) is 1. The van der Waals surface area contributed by atoms with Gasteiger partial charge >= 0.3 is 0 Å². The van der Waals surface area contributed by atoms with E-state index in [0.29, 0.717) is 30.8 Å². The number of amides is 1. The quantitative estimate of drug-likeness (QED) is 0.542. The number of nitrogens with zero attached hydrogens (tertiary/aromatic N) is 1. The zero-order chi connectivity index (χ0) is 22.0. The molecule has 1 atom stereocenters. The summed E-state index contributed by atoms with van der Waals surface area (Å²) in [5.74, 6) is -0.195. The van der Waals surface area contributed by atoms with E-state index in [4.69, 9.17) is 0 Å². The minimum atomic E-state index is -3.58. The smallest absolute Gasteiger partial charge is 0.243 e. The molecule has 3 aromatic rings. The zero-order valence-corrected chi connectivity index (χ0v) is 19.7. The fourth-order valence-corrected chi connectivity index (χ4v) is 5.77. The second kappa shape index (κ2) is 9.10. The Morgan fingerprint density at radius 3 is 2.32 bits per heavy atom. The fourth-order valence-electron chi connectivity index (χ4n) is 4.00. The molecular weight excluding hydrogens is 476 g/mol. The van der Waals surface area contributed by atoms with E-state index in [9.17, 15) is 13.2 Å². The predicted octanol–water partition coefficient (Wildman–Crippen LogP) is 4.88. The number of halogens is 1. The molecular formula is C24H25BrN2O3S. The Balaban J connectivity index is 1.39. The molecule has 0 bridgehead atoms. The molecule has 0 spiro atoms. The van der Waals surface area contributed by atoms with Gasteiger partial charge in [0.25, 0.3) is 0 Å². The summed E-state index contributed by atoms with van der Waals surface area (Å²) in [5.41, 5.74) is 1.04. The molecule has 1 aliphatic heterocycles. The van der Waals surface area contributed by atoms with Gasteiger partial charge in [-0.15, -0.1) is 0 Å². The van der Waals surface area contributed by atoms with E-state index in [-0.39, 0.29) is 17.9 Å². The lowest BCUT2D eigenvalue weighted by Crippen LogP contribution is -2.43. The molecule has 0 aromatic heterocycles. The van der Waals surface area contributed by atoms with Crippen LogP contribution in [0.1, 0.15) is 31.4 Å². The van der Waals surface area contributed by atoms with E-state index in [1.54, 1.807) is 12.1 Å². The van der Waals surface area contributed by atoms with Gasteiger partial charge in [0, 0.05) is 23.5 Å². The monoisotopic (exact) mass is 500 g/mol. The third-order valence-electron chi connectivity index (χ3n) is 5.91. The van der Waals surface area contributed by atoms with Crippen molar-refractivity contribution in [2.75, 3.05) is 13.1 Å². The van der Waals surface area contributed by atoms with Gasteiger partial charge in [-0.05, 0) is 60.4 Å². The van der Waals surface area contributed by atoms with Crippen LogP contribution in [-0.2, 0) is 14.8 Å². The van der Waals surface area contributed by atoms with E-state index in [1.165, 1.54) is 4.31 Å². The Morgan fingerprint density at radius 1 is 1.00 bits per heavy atom. The highest BCUT2D eigenvalue weighted by Gasteiger charge is 2.32. The van der Waals surface area contributed by atoms with Crippen LogP contribution in [0.3, 0.4) is 0 Å². The molecule has 1 fully saturated rings. The van der Waals surface area contributed by atoms with Gasteiger partial charge in [-0.25, -0.2) is 8.42 Å². The molecule has 1 saturated heterocycles. The Labute approximate surface area is 191 Å². The maximum absolute atomic E-state index is 13.1. The van der Waals surface area contributed by atoms with Crippen LogP contribution in [0.4, 0.5) is 0 Å². The lowest BCUT2D eigenvalue weighted by atomic mass is 9.96. The van der Waals surface area contributed by atoms with Crippen molar-refractivity contribution in [1.82, 2.24) is 9.62 Å². The van der Waals surface area contributed by atoms with Gasteiger partial charge in [0.05, 0.1) is 10.9 Å². The minimum absolute atomic E-state index is 0.0156. The van der Waals surface area contributed by atoms with Gasteiger partial charge in [-0.2, -0.15) is 4.31 Å². The molecule has 1 N–H and O–H groups in total. The summed E-state index contributed by atoms with van der Waals surface area (Å²) in [7, 11) is -3.58. The number of hydrogen-bond acceptors (Lipinski definition) is 3. The van der Waals surface area contributed by atoms with Crippen LogP contribution in [0.15, 0.2) is 76.1 Å². The third kappa shape index (κ3) is 4.84. The molecule has 1 amide bonds. The maximum Gasteiger partial charge on any atom is 0.243 e. The first kappa shape index (κ1) is 22.0. The van der Waals surface area contributed by atoms with Crippen LogP contribution in [0, 0.1) is 5.92 Å². The number of carbonyl (C=O) groups is 1. The molecule has 5 nitrogen and oxygen atoms in total. The first-order chi connectivity index (χ1) is 14.8. The highest BCUT2D eigenvalue weighted by molar-refractivity contribution is 9.10. The molecule has 7 heteroatoms. The van der Waals surface area contributed by atoms with E-state index in [1.807, 2.05) is 61.5 Å². The standard InChI is InChI=1S/C24H25BrN2O3S/c1-17(18-6-9-22(25)10-7-18)26-24(28)20-12-14-27(15-13-20)31(29,30)23-11-8-19-4-2-3-5-21(19)16-23/h2-11,16-17,20H,12-15H2,1H3,(H,26,28)/t17-/m0/s1. The van der Waals surface area contributed by atoms with Crippen molar-refractivity contribution in [1.29, 1.82) is 0 Å². The van der Waals surface area contributed by atoms with Crippen molar-refractivity contribution < 1.29 is 13.2 Å². The molecule has 1 heterocycles.